The second-order valence-electron chi connectivity index (χ2n) is 4.70. The van der Waals surface area contributed by atoms with Gasteiger partial charge >= 0.3 is 0 Å². The van der Waals surface area contributed by atoms with Crippen molar-refractivity contribution in [2.45, 2.75) is 20.3 Å². The summed E-state index contributed by atoms with van der Waals surface area (Å²) in [6.45, 7) is 3.94. The maximum atomic E-state index is 12.2. The number of aryl methyl sites for hydroxylation is 2. The van der Waals surface area contributed by atoms with E-state index in [1.807, 2.05) is 31.2 Å². The Kier molecular flexibility index (Phi) is 4.30. The molecule has 3 N–H and O–H groups in total. The molecule has 0 radical (unpaired) electrons. The third kappa shape index (κ3) is 3.11. The van der Waals surface area contributed by atoms with Crippen LogP contribution in [0.3, 0.4) is 0 Å². The van der Waals surface area contributed by atoms with Gasteiger partial charge in [-0.25, -0.2) is 0 Å². The van der Waals surface area contributed by atoms with Gasteiger partial charge in [-0.2, -0.15) is 0 Å². The van der Waals surface area contributed by atoms with Gasteiger partial charge in [-0.15, -0.1) is 0 Å². The molecule has 2 aromatic rings. The Morgan fingerprint density at radius 1 is 1.25 bits per heavy atom. The van der Waals surface area contributed by atoms with E-state index in [2.05, 4.69) is 12.2 Å². The van der Waals surface area contributed by atoms with E-state index in [1.165, 1.54) is 5.56 Å². The number of nitrogen functional groups attached to an aromatic ring is 1. The minimum atomic E-state index is -0.178. The largest absolute Gasteiger partial charge is 0.399 e. The molecule has 0 bridgehead atoms. The van der Waals surface area contributed by atoms with Crippen LogP contribution in [0.15, 0.2) is 36.4 Å². The predicted molar refractivity (Wildman–Crippen MR) is 84.4 cm³/mol. The first-order chi connectivity index (χ1) is 9.51. The van der Waals surface area contributed by atoms with Crippen molar-refractivity contribution < 1.29 is 4.79 Å². The molecule has 0 unspecified atom stereocenters. The Balaban J connectivity index is 2.23. The summed E-state index contributed by atoms with van der Waals surface area (Å²) in [5.41, 5.74) is 9.53. The number of hydrogen-bond donors (Lipinski definition) is 2. The van der Waals surface area contributed by atoms with Gasteiger partial charge in [-0.05, 0) is 48.7 Å². The Morgan fingerprint density at radius 2 is 1.90 bits per heavy atom. The van der Waals surface area contributed by atoms with Crippen LogP contribution in [0.5, 0.6) is 0 Å². The van der Waals surface area contributed by atoms with E-state index < -0.39 is 0 Å². The molecule has 4 heteroatoms. The summed E-state index contributed by atoms with van der Waals surface area (Å²) in [6.07, 6.45) is 0.949. The van der Waals surface area contributed by atoms with Crippen LogP contribution < -0.4 is 11.1 Å². The number of halogens is 1. The highest BCUT2D eigenvalue weighted by Crippen LogP contribution is 2.29. The molecule has 0 atom stereocenters. The number of carbonyl (C=O) groups is 1. The highest BCUT2D eigenvalue weighted by molar-refractivity contribution is 6.34. The third-order valence-corrected chi connectivity index (χ3v) is 3.47. The monoisotopic (exact) mass is 288 g/mol. The molecule has 104 valence electrons. The maximum Gasteiger partial charge on any atom is 0.255 e. The molecule has 0 spiro atoms. The predicted octanol–water partition coefficient (Wildman–Crippen LogP) is 4.05. The number of rotatable bonds is 3. The van der Waals surface area contributed by atoms with Gasteiger partial charge in [-0.1, -0.05) is 30.7 Å². The molecule has 2 rings (SSSR count). The van der Waals surface area contributed by atoms with Crippen LogP contribution in [0.1, 0.15) is 28.4 Å². The van der Waals surface area contributed by atoms with E-state index in [4.69, 9.17) is 17.3 Å². The molecule has 20 heavy (non-hydrogen) atoms. The SMILES string of the molecule is CCc1ccc(C(=O)Nc2c(C)cc(N)cc2Cl)cc1. The van der Waals surface area contributed by atoms with Gasteiger partial charge in [-0.3, -0.25) is 4.79 Å². The molecule has 0 aliphatic rings. The molecule has 3 nitrogen and oxygen atoms in total. The number of hydrogen-bond acceptors (Lipinski definition) is 2. The fourth-order valence-electron chi connectivity index (χ4n) is 2.01. The van der Waals surface area contributed by atoms with Crippen molar-refractivity contribution in [1.82, 2.24) is 0 Å². The lowest BCUT2D eigenvalue weighted by Gasteiger charge is -2.11. The Morgan fingerprint density at radius 3 is 2.45 bits per heavy atom. The van der Waals surface area contributed by atoms with Gasteiger partial charge in [0.05, 0.1) is 10.7 Å². The van der Waals surface area contributed by atoms with E-state index in [9.17, 15) is 4.79 Å². The summed E-state index contributed by atoms with van der Waals surface area (Å²) in [7, 11) is 0. The summed E-state index contributed by atoms with van der Waals surface area (Å²) in [6, 6.07) is 10.9. The van der Waals surface area contributed by atoms with Crippen LogP contribution in [0.4, 0.5) is 11.4 Å². The lowest BCUT2D eigenvalue weighted by atomic mass is 10.1. The van der Waals surface area contributed by atoms with Crippen molar-refractivity contribution in [2.24, 2.45) is 0 Å². The average molecular weight is 289 g/mol. The lowest BCUT2D eigenvalue weighted by molar-refractivity contribution is 0.102. The molecule has 0 saturated heterocycles. The van der Waals surface area contributed by atoms with Crippen molar-refractivity contribution in [2.75, 3.05) is 11.1 Å². The highest BCUT2D eigenvalue weighted by atomic mass is 35.5. The minimum absolute atomic E-state index is 0.178. The van der Waals surface area contributed by atoms with E-state index >= 15 is 0 Å². The van der Waals surface area contributed by atoms with Gasteiger partial charge in [0.25, 0.3) is 5.91 Å². The van der Waals surface area contributed by atoms with Crippen LogP contribution >= 0.6 is 11.6 Å². The van der Waals surface area contributed by atoms with E-state index in [-0.39, 0.29) is 5.91 Å². The summed E-state index contributed by atoms with van der Waals surface area (Å²) in [5, 5.41) is 3.28. The summed E-state index contributed by atoms with van der Waals surface area (Å²) >= 11 is 6.12. The standard InChI is InChI=1S/C16H17ClN2O/c1-3-11-4-6-12(7-5-11)16(20)19-15-10(2)8-13(18)9-14(15)17/h4-9H,3,18H2,1-2H3,(H,19,20). The van der Waals surface area contributed by atoms with E-state index in [1.54, 1.807) is 12.1 Å². The molecule has 2 aromatic carbocycles. The number of nitrogens with two attached hydrogens (primary N) is 1. The molecule has 0 aliphatic carbocycles. The first-order valence-corrected chi connectivity index (χ1v) is 6.85. The molecule has 0 aromatic heterocycles. The average Bonchev–Trinajstić information content (AvgIpc) is 2.42. The molecule has 0 heterocycles. The number of nitrogens with one attached hydrogen (secondary N) is 1. The number of amides is 1. The minimum Gasteiger partial charge on any atom is -0.399 e. The highest BCUT2D eigenvalue weighted by Gasteiger charge is 2.11. The number of anilines is 2. The third-order valence-electron chi connectivity index (χ3n) is 3.17. The van der Waals surface area contributed by atoms with Crippen molar-refractivity contribution in [3.8, 4) is 0 Å². The van der Waals surface area contributed by atoms with Crippen molar-refractivity contribution in [1.29, 1.82) is 0 Å². The van der Waals surface area contributed by atoms with Crippen LogP contribution in [-0.2, 0) is 6.42 Å². The van der Waals surface area contributed by atoms with Gasteiger partial charge < -0.3 is 11.1 Å². The topological polar surface area (TPSA) is 55.1 Å². The summed E-state index contributed by atoms with van der Waals surface area (Å²) in [4.78, 5) is 12.2. The molecule has 0 aliphatic heterocycles. The molecule has 0 saturated carbocycles. The number of carbonyl (C=O) groups excluding carboxylic acids is 1. The molecule has 0 fully saturated rings. The summed E-state index contributed by atoms with van der Waals surface area (Å²) < 4.78 is 0. The quantitative estimate of drug-likeness (QED) is 0.837. The van der Waals surface area contributed by atoms with Crippen molar-refractivity contribution in [3.63, 3.8) is 0 Å². The van der Waals surface area contributed by atoms with Gasteiger partial charge in [0.15, 0.2) is 0 Å². The zero-order valence-corrected chi connectivity index (χ0v) is 12.3. The fraction of sp³-hybridized carbons (Fsp3) is 0.188. The molecular formula is C16H17ClN2O. The Bertz CT molecular complexity index is 612. The zero-order chi connectivity index (χ0) is 14.7. The summed E-state index contributed by atoms with van der Waals surface area (Å²) in [5.74, 6) is -0.178. The maximum absolute atomic E-state index is 12.2. The van der Waals surface area contributed by atoms with E-state index in [0.29, 0.717) is 22.0 Å². The van der Waals surface area contributed by atoms with Gasteiger partial charge in [0, 0.05) is 11.3 Å². The van der Waals surface area contributed by atoms with Gasteiger partial charge in [0.2, 0.25) is 0 Å². The lowest BCUT2D eigenvalue weighted by Crippen LogP contribution is -2.13. The van der Waals surface area contributed by atoms with Crippen molar-refractivity contribution in [3.05, 3.63) is 58.1 Å². The first-order valence-electron chi connectivity index (χ1n) is 6.47. The molecule has 1 amide bonds. The number of benzene rings is 2. The van der Waals surface area contributed by atoms with Gasteiger partial charge in [0.1, 0.15) is 0 Å². The molecular weight excluding hydrogens is 272 g/mol. The van der Waals surface area contributed by atoms with Crippen LogP contribution in [0.25, 0.3) is 0 Å². The second kappa shape index (κ2) is 5.97. The van der Waals surface area contributed by atoms with Crippen LogP contribution in [0.2, 0.25) is 5.02 Å². The van der Waals surface area contributed by atoms with E-state index in [0.717, 1.165) is 12.0 Å². The Labute approximate surface area is 123 Å². The first kappa shape index (κ1) is 14.4. The normalized spacial score (nSPS) is 10.3. The van der Waals surface area contributed by atoms with Crippen LogP contribution in [-0.4, -0.2) is 5.91 Å². The zero-order valence-electron chi connectivity index (χ0n) is 11.5. The van der Waals surface area contributed by atoms with Crippen LogP contribution in [0, 0.1) is 6.92 Å². The fourth-order valence-corrected chi connectivity index (χ4v) is 2.33. The van der Waals surface area contributed by atoms with Crippen molar-refractivity contribution >= 4 is 28.9 Å². The smallest absolute Gasteiger partial charge is 0.255 e. The Hall–Kier alpha value is -2.00. The second-order valence-corrected chi connectivity index (χ2v) is 5.11.